The summed E-state index contributed by atoms with van der Waals surface area (Å²) in [5.74, 6) is 0.859. The quantitative estimate of drug-likeness (QED) is 0.818. The number of piperidine rings is 2. The normalized spacial score (nSPS) is 35.4. The lowest BCUT2D eigenvalue weighted by Gasteiger charge is -2.44. The van der Waals surface area contributed by atoms with Gasteiger partial charge in [-0.05, 0) is 44.8 Å². The van der Waals surface area contributed by atoms with E-state index in [9.17, 15) is 0 Å². The summed E-state index contributed by atoms with van der Waals surface area (Å²) in [6.45, 7) is 10.5. The van der Waals surface area contributed by atoms with Crippen molar-refractivity contribution in [2.75, 3.05) is 59.0 Å². The summed E-state index contributed by atoms with van der Waals surface area (Å²) in [6.07, 6.45) is 5.59. The van der Waals surface area contributed by atoms with Gasteiger partial charge in [0.25, 0.3) is 0 Å². The van der Waals surface area contributed by atoms with Crippen LogP contribution >= 0.6 is 0 Å². The lowest BCUT2D eigenvalue weighted by Crippen LogP contribution is -2.55. The fraction of sp³-hybridized carbons (Fsp3) is 1.00. The van der Waals surface area contributed by atoms with Crippen molar-refractivity contribution in [2.45, 2.75) is 31.7 Å². The second-order valence-corrected chi connectivity index (χ2v) is 6.33. The van der Waals surface area contributed by atoms with Crippen molar-refractivity contribution in [3.63, 3.8) is 0 Å². The van der Waals surface area contributed by atoms with E-state index in [1.807, 2.05) is 0 Å². The van der Waals surface area contributed by atoms with Crippen LogP contribution in [-0.4, -0.2) is 74.9 Å². The number of nitrogens with one attached hydrogen (secondary N) is 1. The Bertz CT molecular complexity index is 262. The maximum atomic E-state index is 5.47. The molecule has 3 fully saturated rings. The largest absolute Gasteiger partial charge is 0.379 e. The molecule has 3 heterocycles. The molecule has 4 nitrogen and oxygen atoms in total. The summed E-state index contributed by atoms with van der Waals surface area (Å²) < 4.78 is 5.47. The average Bonchev–Trinajstić information content (AvgIpc) is 2.50. The molecule has 0 aromatic carbocycles. The highest BCUT2D eigenvalue weighted by molar-refractivity contribution is 4.88. The molecule has 2 unspecified atom stereocenters. The minimum Gasteiger partial charge on any atom is -0.379 e. The fourth-order valence-corrected chi connectivity index (χ4v) is 3.90. The van der Waals surface area contributed by atoms with Crippen LogP contribution in [0.4, 0.5) is 0 Å². The number of hydrogen-bond donors (Lipinski definition) is 1. The van der Waals surface area contributed by atoms with Gasteiger partial charge in [-0.15, -0.1) is 0 Å². The number of morpholine rings is 1. The Kier molecular flexibility index (Phi) is 5.10. The van der Waals surface area contributed by atoms with Gasteiger partial charge in [-0.25, -0.2) is 0 Å². The van der Waals surface area contributed by atoms with Crippen molar-refractivity contribution >= 4 is 0 Å². The van der Waals surface area contributed by atoms with Gasteiger partial charge < -0.3 is 10.1 Å². The molecule has 1 N–H and O–H groups in total. The van der Waals surface area contributed by atoms with Gasteiger partial charge in [-0.2, -0.15) is 0 Å². The first kappa shape index (κ1) is 13.8. The second-order valence-electron chi connectivity index (χ2n) is 6.33. The third kappa shape index (κ3) is 3.69. The summed E-state index contributed by atoms with van der Waals surface area (Å²) in [4.78, 5) is 5.39. The molecule has 0 radical (unpaired) electrons. The summed E-state index contributed by atoms with van der Waals surface area (Å²) in [5.41, 5.74) is 0. The Morgan fingerprint density at radius 1 is 1.00 bits per heavy atom. The predicted octanol–water partition coefficient (Wildman–Crippen LogP) is 0.783. The smallest absolute Gasteiger partial charge is 0.0594 e. The molecule has 3 rings (SSSR count). The van der Waals surface area contributed by atoms with E-state index in [4.69, 9.17) is 4.74 Å². The zero-order valence-corrected chi connectivity index (χ0v) is 12.1. The van der Waals surface area contributed by atoms with E-state index in [2.05, 4.69) is 15.1 Å². The number of ether oxygens (including phenoxy) is 1. The summed E-state index contributed by atoms with van der Waals surface area (Å²) in [6, 6.07) is 0.775. The second kappa shape index (κ2) is 7.02. The van der Waals surface area contributed by atoms with Crippen LogP contribution in [-0.2, 0) is 4.74 Å². The van der Waals surface area contributed by atoms with Gasteiger partial charge in [0, 0.05) is 32.2 Å². The SMILES string of the molecule is C1CCN(C2CNCCC2CN2CCOCC2)CC1. The summed E-state index contributed by atoms with van der Waals surface area (Å²) in [5, 5.41) is 3.61. The molecule has 4 heteroatoms. The van der Waals surface area contributed by atoms with Crippen LogP contribution in [0.1, 0.15) is 25.7 Å². The third-order valence-corrected chi connectivity index (χ3v) is 5.05. The maximum Gasteiger partial charge on any atom is 0.0594 e. The molecule has 3 aliphatic rings. The minimum atomic E-state index is 0.775. The van der Waals surface area contributed by atoms with Gasteiger partial charge in [-0.3, -0.25) is 9.80 Å². The minimum absolute atomic E-state index is 0.775. The van der Waals surface area contributed by atoms with E-state index in [-0.39, 0.29) is 0 Å². The highest BCUT2D eigenvalue weighted by Gasteiger charge is 2.32. The van der Waals surface area contributed by atoms with Crippen LogP contribution in [0, 0.1) is 5.92 Å². The van der Waals surface area contributed by atoms with Gasteiger partial charge in [0.1, 0.15) is 0 Å². The van der Waals surface area contributed by atoms with E-state index in [1.54, 1.807) is 0 Å². The zero-order valence-electron chi connectivity index (χ0n) is 12.1. The number of nitrogens with zero attached hydrogens (tertiary/aromatic N) is 2. The van der Waals surface area contributed by atoms with E-state index < -0.39 is 0 Å². The van der Waals surface area contributed by atoms with Gasteiger partial charge in [0.05, 0.1) is 13.2 Å². The first-order chi connectivity index (χ1) is 9.43. The molecule has 0 aromatic heterocycles. The van der Waals surface area contributed by atoms with Crippen molar-refractivity contribution in [3.8, 4) is 0 Å². The van der Waals surface area contributed by atoms with E-state index in [0.717, 1.165) is 38.3 Å². The lowest BCUT2D eigenvalue weighted by molar-refractivity contribution is 0.0120. The van der Waals surface area contributed by atoms with E-state index >= 15 is 0 Å². The molecule has 0 amide bonds. The highest BCUT2D eigenvalue weighted by atomic mass is 16.5. The van der Waals surface area contributed by atoms with Gasteiger partial charge >= 0.3 is 0 Å². The van der Waals surface area contributed by atoms with Crippen LogP contribution in [0.3, 0.4) is 0 Å². The molecule has 0 aromatic rings. The van der Waals surface area contributed by atoms with Crippen LogP contribution in [0.5, 0.6) is 0 Å². The molecule has 2 atom stereocenters. The Balaban J connectivity index is 1.56. The van der Waals surface area contributed by atoms with Gasteiger partial charge in [0.2, 0.25) is 0 Å². The number of likely N-dealkylation sites (tertiary alicyclic amines) is 1. The zero-order chi connectivity index (χ0) is 12.9. The van der Waals surface area contributed by atoms with Crippen LogP contribution in [0.25, 0.3) is 0 Å². The third-order valence-electron chi connectivity index (χ3n) is 5.05. The van der Waals surface area contributed by atoms with Crippen molar-refractivity contribution in [1.29, 1.82) is 0 Å². The van der Waals surface area contributed by atoms with Gasteiger partial charge in [-0.1, -0.05) is 6.42 Å². The number of rotatable bonds is 3. The molecule has 0 aliphatic carbocycles. The Hall–Kier alpha value is -0.160. The van der Waals surface area contributed by atoms with Crippen molar-refractivity contribution < 1.29 is 4.74 Å². The Morgan fingerprint density at radius 3 is 2.58 bits per heavy atom. The average molecular weight is 267 g/mol. The topological polar surface area (TPSA) is 27.7 Å². The molecule has 19 heavy (non-hydrogen) atoms. The Morgan fingerprint density at radius 2 is 1.79 bits per heavy atom. The summed E-state index contributed by atoms with van der Waals surface area (Å²) in [7, 11) is 0. The molecule has 3 saturated heterocycles. The predicted molar refractivity (Wildman–Crippen MR) is 77.4 cm³/mol. The van der Waals surface area contributed by atoms with Crippen LogP contribution < -0.4 is 5.32 Å². The molecule has 0 saturated carbocycles. The lowest BCUT2D eigenvalue weighted by atomic mass is 9.89. The van der Waals surface area contributed by atoms with Crippen molar-refractivity contribution in [2.24, 2.45) is 5.92 Å². The standard InChI is InChI=1S/C15H29N3O/c1-2-6-18(7-3-1)15-12-16-5-4-14(15)13-17-8-10-19-11-9-17/h14-16H,1-13H2. The van der Waals surface area contributed by atoms with Crippen molar-refractivity contribution in [3.05, 3.63) is 0 Å². The molecule has 0 bridgehead atoms. The molecule has 3 aliphatic heterocycles. The van der Waals surface area contributed by atoms with E-state index in [1.165, 1.54) is 58.4 Å². The van der Waals surface area contributed by atoms with E-state index in [0.29, 0.717) is 0 Å². The molecule has 110 valence electrons. The highest BCUT2D eigenvalue weighted by Crippen LogP contribution is 2.23. The molecular weight excluding hydrogens is 238 g/mol. The number of hydrogen-bond acceptors (Lipinski definition) is 4. The Labute approximate surface area is 117 Å². The monoisotopic (exact) mass is 267 g/mol. The fourth-order valence-electron chi connectivity index (χ4n) is 3.90. The maximum absolute atomic E-state index is 5.47. The molecular formula is C15H29N3O. The van der Waals surface area contributed by atoms with Crippen molar-refractivity contribution in [1.82, 2.24) is 15.1 Å². The first-order valence-electron chi connectivity index (χ1n) is 8.18. The molecule has 0 spiro atoms. The summed E-state index contributed by atoms with van der Waals surface area (Å²) >= 11 is 0. The first-order valence-corrected chi connectivity index (χ1v) is 8.18. The van der Waals surface area contributed by atoms with Crippen LogP contribution in [0.15, 0.2) is 0 Å². The van der Waals surface area contributed by atoms with Crippen LogP contribution in [0.2, 0.25) is 0 Å². The van der Waals surface area contributed by atoms with Gasteiger partial charge in [0.15, 0.2) is 0 Å².